The van der Waals surface area contributed by atoms with E-state index in [9.17, 15) is 9.59 Å². The first-order chi connectivity index (χ1) is 9.94. The van der Waals surface area contributed by atoms with E-state index in [1.54, 1.807) is 19.1 Å². The minimum atomic E-state index is -1.01. The molecule has 0 aromatic carbocycles. The van der Waals surface area contributed by atoms with Crippen molar-refractivity contribution in [3.05, 3.63) is 23.7 Å². The minimum absolute atomic E-state index is 0.180. The first-order valence-corrected chi connectivity index (χ1v) is 7.25. The van der Waals surface area contributed by atoms with Crippen LogP contribution in [0.15, 0.2) is 16.5 Å². The Bertz CT molecular complexity index is 480. The van der Waals surface area contributed by atoms with Crippen molar-refractivity contribution < 1.29 is 19.1 Å². The zero-order chi connectivity index (χ0) is 16.0. The van der Waals surface area contributed by atoms with Gasteiger partial charge in [0, 0.05) is 7.05 Å². The van der Waals surface area contributed by atoms with Gasteiger partial charge in [0.2, 0.25) is 0 Å². The molecule has 0 aliphatic heterocycles. The number of amides is 1. The van der Waals surface area contributed by atoms with Crippen LogP contribution in [0.5, 0.6) is 0 Å². The molecule has 0 aliphatic rings. The van der Waals surface area contributed by atoms with Gasteiger partial charge in [-0.3, -0.25) is 9.69 Å². The predicted octanol–water partition coefficient (Wildman–Crippen LogP) is 2.06. The quantitative estimate of drug-likeness (QED) is 0.795. The maximum absolute atomic E-state index is 12.2. The predicted molar refractivity (Wildman–Crippen MR) is 79.1 cm³/mol. The summed E-state index contributed by atoms with van der Waals surface area (Å²) in [6.45, 7) is 8.29. The normalized spacial score (nSPS) is 12.4. The van der Waals surface area contributed by atoms with Gasteiger partial charge in [-0.2, -0.15) is 0 Å². The van der Waals surface area contributed by atoms with Gasteiger partial charge in [-0.05, 0) is 31.6 Å². The lowest BCUT2D eigenvalue weighted by atomic mass is 10.2. The Morgan fingerprint density at radius 1 is 1.24 bits per heavy atom. The first kappa shape index (κ1) is 17.2. The standard InChI is InChI=1S/C15H24N2O4/c1-5-12(15(19)20)16(4)14(18)13-9-8-11(21-13)10-17(6-2)7-3/h8-9,12H,5-7,10H2,1-4H3,(H,19,20). The number of carbonyl (C=O) groups is 2. The van der Waals surface area contributed by atoms with Gasteiger partial charge >= 0.3 is 5.97 Å². The van der Waals surface area contributed by atoms with E-state index in [4.69, 9.17) is 9.52 Å². The number of hydrogen-bond donors (Lipinski definition) is 1. The number of nitrogens with zero attached hydrogens (tertiary/aromatic N) is 2. The van der Waals surface area contributed by atoms with Crippen LogP contribution in [0.3, 0.4) is 0 Å². The Kier molecular flexibility index (Phi) is 6.42. The molecule has 1 aromatic heterocycles. The Morgan fingerprint density at radius 3 is 2.33 bits per heavy atom. The summed E-state index contributed by atoms with van der Waals surface area (Å²) in [5.74, 6) is -0.531. The second kappa shape index (κ2) is 7.83. The highest BCUT2D eigenvalue weighted by molar-refractivity contribution is 5.94. The van der Waals surface area contributed by atoms with Crippen molar-refractivity contribution in [2.75, 3.05) is 20.1 Å². The molecule has 0 spiro atoms. The zero-order valence-electron chi connectivity index (χ0n) is 13.1. The molecule has 0 aliphatic carbocycles. The summed E-state index contributed by atoms with van der Waals surface area (Å²) in [6, 6.07) is 2.53. The summed E-state index contributed by atoms with van der Waals surface area (Å²) in [5, 5.41) is 9.10. The Balaban J connectivity index is 2.80. The average molecular weight is 296 g/mol. The molecule has 118 valence electrons. The fraction of sp³-hybridized carbons (Fsp3) is 0.600. The van der Waals surface area contributed by atoms with Crippen LogP contribution < -0.4 is 0 Å². The van der Waals surface area contributed by atoms with Crippen LogP contribution >= 0.6 is 0 Å². The fourth-order valence-electron chi connectivity index (χ4n) is 2.17. The lowest BCUT2D eigenvalue weighted by molar-refractivity contribution is -0.142. The summed E-state index contributed by atoms with van der Waals surface area (Å²) in [4.78, 5) is 26.7. The van der Waals surface area contributed by atoms with Gasteiger partial charge in [-0.1, -0.05) is 20.8 Å². The second-order valence-corrected chi connectivity index (χ2v) is 4.91. The van der Waals surface area contributed by atoms with Crippen LogP contribution in [-0.2, 0) is 11.3 Å². The van der Waals surface area contributed by atoms with Crippen molar-refractivity contribution in [1.29, 1.82) is 0 Å². The fourth-order valence-corrected chi connectivity index (χ4v) is 2.17. The molecule has 1 aromatic rings. The van der Waals surface area contributed by atoms with Crippen molar-refractivity contribution in [2.45, 2.75) is 39.8 Å². The maximum Gasteiger partial charge on any atom is 0.326 e. The third kappa shape index (κ3) is 4.32. The van der Waals surface area contributed by atoms with Crippen LogP contribution in [0, 0.1) is 0 Å². The van der Waals surface area contributed by atoms with Crippen molar-refractivity contribution in [2.24, 2.45) is 0 Å². The van der Waals surface area contributed by atoms with E-state index in [2.05, 4.69) is 18.7 Å². The van der Waals surface area contributed by atoms with Gasteiger partial charge in [0.25, 0.3) is 5.91 Å². The third-order valence-electron chi connectivity index (χ3n) is 3.61. The first-order valence-electron chi connectivity index (χ1n) is 7.25. The molecule has 1 amide bonds. The number of hydrogen-bond acceptors (Lipinski definition) is 4. The molecule has 0 radical (unpaired) electrons. The number of furan rings is 1. The van der Waals surface area contributed by atoms with Gasteiger partial charge < -0.3 is 14.4 Å². The van der Waals surface area contributed by atoms with E-state index < -0.39 is 17.9 Å². The molecule has 1 N–H and O–H groups in total. The van der Waals surface area contributed by atoms with Crippen LogP contribution in [-0.4, -0.2) is 53.0 Å². The third-order valence-corrected chi connectivity index (χ3v) is 3.61. The highest BCUT2D eigenvalue weighted by Crippen LogP contribution is 2.14. The highest BCUT2D eigenvalue weighted by atomic mass is 16.4. The van der Waals surface area contributed by atoms with E-state index in [-0.39, 0.29) is 5.76 Å². The number of carboxylic acid groups (broad SMARTS) is 1. The van der Waals surface area contributed by atoms with Gasteiger partial charge in [-0.15, -0.1) is 0 Å². The van der Waals surface area contributed by atoms with Gasteiger partial charge in [0.05, 0.1) is 6.54 Å². The summed E-state index contributed by atoms with van der Waals surface area (Å²) in [6.07, 6.45) is 0.352. The van der Waals surface area contributed by atoms with Crippen molar-refractivity contribution in [1.82, 2.24) is 9.80 Å². The Labute approximate surface area is 125 Å². The summed E-state index contributed by atoms with van der Waals surface area (Å²) in [5.41, 5.74) is 0. The van der Waals surface area contributed by atoms with Gasteiger partial charge in [0.15, 0.2) is 5.76 Å². The molecule has 1 rings (SSSR count). The molecule has 6 heteroatoms. The van der Waals surface area contributed by atoms with Crippen LogP contribution in [0.4, 0.5) is 0 Å². The largest absolute Gasteiger partial charge is 0.480 e. The molecule has 0 bridgehead atoms. The molecule has 6 nitrogen and oxygen atoms in total. The molecular weight excluding hydrogens is 272 g/mol. The summed E-state index contributed by atoms with van der Waals surface area (Å²) in [7, 11) is 1.48. The van der Waals surface area contributed by atoms with E-state index in [1.807, 2.05) is 0 Å². The topological polar surface area (TPSA) is 74.0 Å². The Morgan fingerprint density at radius 2 is 1.86 bits per heavy atom. The Hall–Kier alpha value is -1.82. The van der Waals surface area contributed by atoms with Crippen LogP contribution in [0.25, 0.3) is 0 Å². The van der Waals surface area contributed by atoms with Gasteiger partial charge in [-0.25, -0.2) is 4.79 Å². The molecule has 21 heavy (non-hydrogen) atoms. The van der Waals surface area contributed by atoms with E-state index in [0.717, 1.165) is 13.1 Å². The van der Waals surface area contributed by atoms with Gasteiger partial charge in [0.1, 0.15) is 11.8 Å². The monoisotopic (exact) mass is 296 g/mol. The maximum atomic E-state index is 12.2. The van der Waals surface area contributed by atoms with Crippen molar-refractivity contribution >= 4 is 11.9 Å². The molecule has 0 fully saturated rings. The average Bonchev–Trinajstić information content (AvgIpc) is 2.92. The van der Waals surface area contributed by atoms with E-state index >= 15 is 0 Å². The second-order valence-electron chi connectivity index (χ2n) is 4.91. The number of rotatable bonds is 8. The lowest BCUT2D eigenvalue weighted by Gasteiger charge is -2.22. The zero-order valence-corrected chi connectivity index (χ0v) is 13.1. The molecule has 1 unspecified atom stereocenters. The number of carboxylic acids is 1. The van der Waals surface area contributed by atoms with Crippen molar-refractivity contribution in [3.63, 3.8) is 0 Å². The molecular formula is C15H24N2O4. The molecule has 1 atom stereocenters. The molecule has 0 saturated heterocycles. The van der Waals surface area contributed by atoms with Crippen LogP contribution in [0.2, 0.25) is 0 Å². The van der Waals surface area contributed by atoms with E-state index in [1.165, 1.54) is 11.9 Å². The van der Waals surface area contributed by atoms with Crippen LogP contribution in [0.1, 0.15) is 43.5 Å². The number of carbonyl (C=O) groups excluding carboxylic acids is 1. The van der Waals surface area contributed by atoms with Crippen molar-refractivity contribution in [3.8, 4) is 0 Å². The van der Waals surface area contributed by atoms with E-state index in [0.29, 0.717) is 18.7 Å². The highest BCUT2D eigenvalue weighted by Gasteiger charge is 2.27. The molecule has 0 saturated carbocycles. The number of likely N-dealkylation sites (N-methyl/N-ethyl adjacent to an activating group) is 1. The lowest BCUT2D eigenvalue weighted by Crippen LogP contribution is -2.41. The number of aliphatic carboxylic acids is 1. The summed E-state index contributed by atoms with van der Waals surface area (Å²) < 4.78 is 5.55. The molecule has 1 heterocycles. The SMILES string of the molecule is CCC(C(=O)O)N(C)C(=O)c1ccc(CN(CC)CC)o1. The minimum Gasteiger partial charge on any atom is -0.480 e. The summed E-state index contributed by atoms with van der Waals surface area (Å²) >= 11 is 0. The smallest absolute Gasteiger partial charge is 0.326 e.